The molecule has 3 heteroatoms. The van der Waals surface area contributed by atoms with Gasteiger partial charge in [-0.3, -0.25) is 4.90 Å². The summed E-state index contributed by atoms with van der Waals surface area (Å²) in [5, 5.41) is 5.34. The van der Waals surface area contributed by atoms with Gasteiger partial charge in [-0.05, 0) is 19.4 Å². The lowest BCUT2D eigenvalue weighted by atomic mass is 10.1. The third-order valence-electron chi connectivity index (χ3n) is 3.64. The molecule has 16 heavy (non-hydrogen) atoms. The molecule has 2 heterocycles. The first-order valence-corrected chi connectivity index (χ1v) is 7.79. The maximum Gasteiger partial charge on any atom is 0.0195 e. The van der Waals surface area contributed by atoms with E-state index in [-0.39, 0.29) is 0 Å². The summed E-state index contributed by atoms with van der Waals surface area (Å²) in [7, 11) is 0. The third kappa shape index (κ3) is 3.94. The first-order valence-electron chi connectivity index (χ1n) is 6.85. The van der Waals surface area contributed by atoms with Gasteiger partial charge in [0.2, 0.25) is 0 Å². The lowest BCUT2D eigenvalue weighted by Crippen LogP contribution is -2.47. The van der Waals surface area contributed by atoms with Crippen LogP contribution in [0.3, 0.4) is 0 Å². The van der Waals surface area contributed by atoms with Gasteiger partial charge < -0.3 is 5.32 Å². The van der Waals surface area contributed by atoms with Crippen LogP contribution in [0.1, 0.15) is 39.5 Å². The van der Waals surface area contributed by atoms with Crippen LogP contribution in [0.25, 0.3) is 0 Å². The minimum absolute atomic E-state index is 0.755. The fourth-order valence-corrected chi connectivity index (χ4v) is 4.39. The zero-order chi connectivity index (χ0) is 11.4. The van der Waals surface area contributed by atoms with Crippen molar-refractivity contribution in [1.29, 1.82) is 0 Å². The standard InChI is InChI=1S/C13H26N2S/c1-11-8-15(9-12(2)16-11)10-13-6-4-3-5-7-14-13/h11-14H,3-10H2,1-2H3. The highest BCUT2D eigenvalue weighted by molar-refractivity contribution is 8.00. The van der Waals surface area contributed by atoms with E-state index in [1.54, 1.807) is 0 Å². The number of nitrogens with one attached hydrogen (secondary N) is 1. The van der Waals surface area contributed by atoms with Crippen LogP contribution in [0.15, 0.2) is 0 Å². The van der Waals surface area contributed by atoms with Gasteiger partial charge in [-0.2, -0.15) is 11.8 Å². The highest BCUT2D eigenvalue weighted by atomic mass is 32.2. The summed E-state index contributed by atoms with van der Waals surface area (Å²) < 4.78 is 0. The predicted molar refractivity (Wildman–Crippen MR) is 73.2 cm³/mol. The van der Waals surface area contributed by atoms with Gasteiger partial charge in [0.15, 0.2) is 0 Å². The van der Waals surface area contributed by atoms with Crippen LogP contribution >= 0.6 is 11.8 Å². The van der Waals surface area contributed by atoms with E-state index in [4.69, 9.17) is 0 Å². The molecule has 2 nitrogen and oxygen atoms in total. The summed E-state index contributed by atoms with van der Waals surface area (Å²) in [5.74, 6) is 0. The summed E-state index contributed by atoms with van der Waals surface area (Å²) in [4.78, 5) is 2.68. The molecule has 0 aromatic rings. The SMILES string of the molecule is CC1CN(CC2CCCCCN2)CC(C)S1. The van der Waals surface area contributed by atoms with E-state index >= 15 is 0 Å². The molecule has 2 saturated heterocycles. The van der Waals surface area contributed by atoms with Crippen molar-refractivity contribution in [3.63, 3.8) is 0 Å². The lowest BCUT2D eigenvalue weighted by Gasteiger charge is -2.36. The average Bonchev–Trinajstić information content (AvgIpc) is 2.44. The molecule has 0 aromatic heterocycles. The number of hydrogen-bond acceptors (Lipinski definition) is 3. The van der Waals surface area contributed by atoms with Gasteiger partial charge in [0.05, 0.1) is 0 Å². The molecule has 2 aliphatic heterocycles. The van der Waals surface area contributed by atoms with Gasteiger partial charge in [0.25, 0.3) is 0 Å². The van der Waals surface area contributed by atoms with Crippen molar-refractivity contribution < 1.29 is 0 Å². The van der Waals surface area contributed by atoms with Gasteiger partial charge in [-0.25, -0.2) is 0 Å². The Morgan fingerprint density at radius 1 is 1.12 bits per heavy atom. The molecule has 0 bridgehead atoms. The van der Waals surface area contributed by atoms with Crippen LogP contribution in [0, 0.1) is 0 Å². The molecule has 3 unspecified atom stereocenters. The molecular weight excluding hydrogens is 216 g/mol. The summed E-state index contributed by atoms with van der Waals surface area (Å²) >= 11 is 2.15. The topological polar surface area (TPSA) is 15.3 Å². The Kier molecular flexibility index (Phi) is 4.98. The van der Waals surface area contributed by atoms with E-state index in [1.165, 1.54) is 51.9 Å². The minimum atomic E-state index is 0.755. The van der Waals surface area contributed by atoms with Crippen LogP contribution in [0.5, 0.6) is 0 Å². The Hall–Kier alpha value is 0.270. The second kappa shape index (κ2) is 6.27. The van der Waals surface area contributed by atoms with Crippen molar-refractivity contribution >= 4 is 11.8 Å². The Morgan fingerprint density at radius 3 is 2.62 bits per heavy atom. The second-order valence-electron chi connectivity index (χ2n) is 5.48. The van der Waals surface area contributed by atoms with Gasteiger partial charge in [-0.15, -0.1) is 0 Å². The second-order valence-corrected chi connectivity index (χ2v) is 7.36. The van der Waals surface area contributed by atoms with Crippen LogP contribution in [-0.2, 0) is 0 Å². The van der Waals surface area contributed by atoms with E-state index in [9.17, 15) is 0 Å². The zero-order valence-corrected chi connectivity index (χ0v) is 11.6. The molecular formula is C13H26N2S. The van der Waals surface area contributed by atoms with E-state index < -0.39 is 0 Å². The van der Waals surface area contributed by atoms with Gasteiger partial charge in [0.1, 0.15) is 0 Å². The summed E-state index contributed by atoms with van der Waals surface area (Å²) in [6, 6.07) is 0.755. The molecule has 0 amide bonds. The molecule has 0 saturated carbocycles. The Balaban J connectivity index is 1.78. The van der Waals surface area contributed by atoms with E-state index in [0.29, 0.717) is 0 Å². The fourth-order valence-electron chi connectivity index (χ4n) is 3.00. The zero-order valence-electron chi connectivity index (χ0n) is 10.7. The first-order chi connectivity index (χ1) is 7.74. The molecule has 3 atom stereocenters. The smallest absolute Gasteiger partial charge is 0.0195 e. The molecule has 2 aliphatic rings. The van der Waals surface area contributed by atoms with Gasteiger partial charge in [0, 0.05) is 36.2 Å². The Labute approximate surface area is 105 Å². The monoisotopic (exact) mass is 242 g/mol. The number of hydrogen-bond donors (Lipinski definition) is 1. The Morgan fingerprint density at radius 2 is 1.88 bits per heavy atom. The molecule has 1 N–H and O–H groups in total. The lowest BCUT2D eigenvalue weighted by molar-refractivity contribution is 0.237. The predicted octanol–water partition coefficient (Wildman–Crippen LogP) is 2.34. The van der Waals surface area contributed by atoms with E-state index in [1.807, 2.05) is 0 Å². The first kappa shape index (κ1) is 12.7. The van der Waals surface area contributed by atoms with Crippen molar-refractivity contribution in [2.24, 2.45) is 0 Å². The van der Waals surface area contributed by atoms with Gasteiger partial charge in [-0.1, -0.05) is 26.7 Å². The van der Waals surface area contributed by atoms with Gasteiger partial charge >= 0.3 is 0 Å². The van der Waals surface area contributed by atoms with Crippen molar-refractivity contribution in [3.05, 3.63) is 0 Å². The summed E-state index contributed by atoms with van der Waals surface area (Å²) in [6.07, 6.45) is 5.60. The molecule has 2 fully saturated rings. The van der Waals surface area contributed by atoms with Crippen LogP contribution < -0.4 is 5.32 Å². The average molecular weight is 242 g/mol. The highest BCUT2D eigenvalue weighted by Gasteiger charge is 2.24. The Bertz CT molecular complexity index is 192. The summed E-state index contributed by atoms with van der Waals surface area (Å²) in [5.41, 5.74) is 0. The number of rotatable bonds is 2. The summed E-state index contributed by atoms with van der Waals surface area (Å²) in [6.45, 7) is 9.82. The van der Waals surface area contributed by atoms with Crippen LogP contribution in [-0.4, -0.2) is 47.6 Å². The third-order valence-corrected chi connectivity index (χ3v) is 4.86. The van der Waals surface area contributed by atoms with Crippen molar-refractivity contribution in [3.8, 4) is 0 Å². The molecule has 0 radical (unpaired) electrons. The molecule has 2 rings (SSSR count). The van der Waals surface area contributed by atoms with E-state index in [2.05, 4.69) is 35.8 Å². The normalized spacial score (nSPS) is 38.2. The fraction of sp³-hybridized carbons (Fsp3) is 1.00. The highest BCUT2D eigenvalue weighted by Crippen LogP contribution is 2.25. The largest absolute Gasteiger partial charge is 0.313 e. The molecule has 0 aliphatic carbocycles. The van der Waals surface area contributed by atoms with Crippen LogP contribution in [0.2, 0.25) is 0 Å². The van der Waals surface area contributed by atoms with Crippen molar-refractivity contribution in [2.45, 2.75) is 56.1 Å². The minimum Gasteiger partial charge on any atom is -0.313 e. The van der Waals surface area contributed by atoms with E-state index in [0.717, 1.165) is 16.5 Å². The van der Waals surface area contributed by atoms with Crippen LogP contribution in [0.4, 0.5) is 0 Å². The molecule has 94 valence electrons. The molecule has 0 spiro atoms. The maximum atomic E-state index is 3.71. The quantitative estimate of drug-likeness (QED) is 0.800. The maximum absolute atomic E-state index is 3.71. The number of thioether (sulfide) groups is 1. The van der Waals surface area contributed by atoms with Crippen molar-refractivity contribution in [1.82, 2.24) is 10.2 Å². The number of nitrogens with zero attached hydrogens (tertiary/aromatic N) is 1. The van der Waals surface area contributed by atoms with Crippen molar-refractivity contribution in [2.75, 3.05) is 26.2 Å². The molecule has 0 aromatic carbocycles.